The fraction of sp³-hybridized carbons (Fsp3) is 0.320. The average molecular weight is 453 g/mol. The van der Waals surface area contributed by atoms with Gasteiger partial charge in [-0.15, -0.1) is 0 Å². The van der Waals surface area contributed by atoms with E-state index < -0.39 is 10.0 Å². The normalized spacial score (nSPS) is 15.7. The van der Waals surface area contributed by atoms with Crippen LogP contribution in [0.4, 0.5) is 0 Å². The fourth-order valence-corrected chi connectivity index (χ4v) is 5.67. The van der Waals surface area contributed by atoms with Gasteiger partial charge in [-0.2, -0.15) is 4.31 Å². The van der Waals surface area contributed by atoms with E-state index in [4.69, 9.17) is 4.74 Å². The van der Waals surface area contributed by atoms with Gasteiger partial charge in [0, 0.05) is 32.7 Å². The topological polar surface area (TPSA) is 75.7 Å². The fourth-order valence-electron chi connectivity index (χ4n) is 4.16. The van der Waals surface area contributed by atoms with Gasteiger partial charge in [-0.05, 0) is 46.9 Å². The first-order chi connectivity index (χ1) is 15.5. The minimum absolute atomic E-state index is 0.0232. The Bertz CT molecular complexity index is 1200. The first kappa shape index (κ1) is 22.5. The van der Waals surface area contributed by atoms with E-state index in [0.717, 1.165) is 21.9 Å². The summed E-state index contributed by atoms with van der Waals surface area (Å²) in [5.74, 6) is -0.204. The number of sulfonamides is 1. The van der Waals surface area contributed by atoms with Crippen LogP contribution in [0.25, 0.3) is 10.8 Å². The molecule has 1 N–H and O–H groups in total. The zero-order valence-electron chi connectivity index (χ0n) is 18.2. The number of rotatable bonds is 7. The third kappa shape index (κ3) is 5.01. The summed E-state index contributed by atoms with van der Waals surface area (Å²) in [6.45, 7) is 1.67. The van der Waals surface area contributed by atoms with E-state index in [0.29, 0.717) is 44.0 Å². The van der Waals surface area contributed by atoms with Gasteiger partial charge in [-0.3, -0.25) is 4.79 Å². The highest BCUT2D eigenvalue weighted by atomic mass is 32.2. The van der Waals surface area contributed by atoms with Crippen LogP contribution < -0.4 is 5.32 Å². The Labute approximate surface area is 189 Å². The number of piperidine rings is 1. The molecule has 32 heavy (non-hydrogen) atoms. The second-order valence-electron chi connectivity index (χ2n) is 8.16. The van der Waals surface area contributed by atoms with Crippen molar-refractivity contribution in [3.05, 3.63) is 77.9 Å². The zero-order valence-corrected chi connectivity index (χ0v) is 19.0. The lowest BCUT2D eigenvalue weighted by Crippen LogP contribution is -2.42. The van der Waals surface area contributed by atoms with E-state index in [9.17, 15) is 13.2 Å². The number of benzene rings is 3. The Kier molecular flexibility index (Phi) is 6.89. The Morgan fingerprint density at radius 2 is 1.69 bits per heavy atom. The summed E-state index contributed by atoms with van der Waals surface area (Å²) in [4.78, 5) is 13.0. The number of fused-ring (bicyclic) bond motifs is 1. The number of hydrogen-bond acceptors (Lipinski definition) is 4. The van der Waals surface area contributed by atoms with Crippen molar-refractivity contribution < 1.29 is 17.9 Å². The molecule has 0 saturated carbocycles. The third-order valence-corrected chi connectivity index (χ3v) is 7.85. The number of amides is 1. The first-order valence-electron chi connectivity index (χ1n) is 10.8. The Balaban J connectivity index is 1.34. The summed E-state index contributed by atoms with van der Waals surface area (Å²) in [6.07, 6.45) is 1.03. The molecule has 6 nitrogen and oxygen atoms in total. The maximum Gasteiger partial charge on any atom is 0.243 e. The summed E-state index contributed by atoms with van der Waals surface area (Å²) >= 11 is 0. The molecular formula is C25H28N2O4S. The van der Waals surface area contributed by atoms with Gasteiger partial charge in [0.15, 0.2) is 0 Å². The Hall–Kier alpha value is -2.74. The molecule has 0 aliphatic carbocycles. The second-order valence-corrected chi connectivity index (χ2v) is 10.1. The van der Waals surface area contributed by atoms with E-state index in [1.54, 1.807) is 19.2 Å². The minimum atomic E-state index is -3.58. The van der Waals surface area contributed by atoms with Gasteiger partial charge >= 0.3 is 0 Å². The molecule has 1 aliphatic heterocycles. The highest BCUT2D eigenvalue weighted by Gasteiger charge is 2.32. The summed E-state index contributed by atoms with van der Waals surface area (Å²) in [5.41, 5.74) is 2.08. The number of hydrogen-bond donors (Lipinski definition) is 1. The van der Waals surface area contributed by atoms with Gasteiger partial charge in [0.2, 0.25) is 15.9 Å². The van der Waals surface area contributed by atoms with Crippen molar-refractivity contribution in [2.75, 3.05) is 20.2 Å². The molecular weight excluding hydrogens is 424 g/mol. The molecule has 1 aliphatic rings. The van der Waals surface area contributed by atoms with Crippen molar-refractivity contribution in [2.24, 2.45) is 5.92 Å². The Morgan fingerprint density at radius 1 is 0.969 bits per heavy atom. The molecule has 3 aromatic rings. The van der Waals surface area contributed by atoms with E-state index in [2.05, 4.69) is 5.32 Å². The number of methoxy groups -OCH3 is 1. The number of nitrogens with zero attached hydrogens (tertiary/aromatic N) is 1. The molecule has 7 heteroatoms. The molecule has 1 amide bonds. The summed E-state index contributed by atoms with van der Waals surface area (Å²) < 4.78 is 32.9. The average Bonchev–Trinajstić information content (AvgIpc) is 2.83. The van der Waals surface area contributed by atoms with Crippen LogP contribution in [0.5, 0.6) is 0 Å². The van der Waals surface area contributed by atoms with Gasteiger partial charge < -0.3 is 10.1 Å². The summed E-state index contributed by atoms with van der Waals surface area (Å²) in [5, 5.41) is 4.90. The maximum atomic E-state index is 13.1. The Morgan fingerprint density at radius 3 is 2.44 bits per heavy atom. The molecule has 4 rings (SSSR count). The molecule has 0 bridgehead atoms. The van der Waals surface area contributed by atoms with E-state index in [1.165, 1.54) is 4.31 Å². The molecule has 1 fully saturated rings. The molecule has 1 saturated heterocycles. The van der Waals surface area contributed by atoms with Crippen LogP contribution in [0.3, 0.4) is 0 Å². The molecule has 0 aromatic heterocycles. The molecule has 0 atom stereocenters. The molecule has 0 spiro atoms. The van der Waals surface area contributed by atoms with Gasteiger partial charge in [-0.25, -0.2) is 8.42 Å². The van der Waals surface area contributed by atoms with Crippen molar-refractivity contribution in [1.29, 1.82) is 0 Å². The van der Waals surface area contributed by atoms with Crippen molar-refractivity contribution in [3.8, 4) is 0 Å². The van der Waals surface area contributed by atoms with Crippen molar-refractivity contribution >= 4 is 26.7 Å². The van der Waals surface area contributed by atoms with Crippen LogP contribution in [0.1, 0.15) is 24.0 Å². The van der Waals surface area contributed by atoms with Crippen molar-refractivity contribution in [1.82, 2.24) is 9.62 Å². The second kappa shape index (κ2) is 9.81. The van der Waals surface area contributed by atoms with Crippen LogP contribution in [0, 0.1) is 5.92 Å². The summed E-state index contributed by atoms with van der Waals surface area (Å²) in [7, 11) is -1.92. The highest BCUT2D eigenvalue weighted by molar-refractivity contribution is 7.89. The molecule has 3 aromatic carbocycles. The van der Waals surface area contributed by atoms with Crippen LogP contribution in [-0.4, -0.2) is 38.8 Å². The van der Waals surface area contributed by atoms with Gasteiger partial charge in [0.1, 0.15) is 0 Å². The number of carbonyl (C=O) groups excluding carboxylic acids is 1. The highest BCUT2D eigenvalue weighted by Crippen LogP contribution is 2.26. The predicted molar refractivity (Wildman–Crippen MR) is 124 cm³/mol. The third-order valence-electron chi connectivity index (χ3n) is 5.95. The maximum absolute atomic E-state index is 13.1. The van der Waals surface area contributed by atoms with Crippen molar-refractivity contribution in [3.63, 3.8) is 0 Å². The molecule has 1 heterocycles. The summed E-state index contributed by atoms with van der Waals surface area (Å²) in [6, 6.07) is 20.9. The lowest BCUT2D eigenvalue weighted by molar-refractivity contribution is -0.126. The SMILES string of the molecule is COCc1cccc(CNC(=O)C2CCN(S(=O)(=O)c3ccc4ccccc4c3)CC2)c1. The number of carbonyl (C=O) groups is 1. The van der Waals surface area contributed by atoms with Gasteiger partial charge in [-0.1, -0.05) is 54.6 Å². The van der Waals surface area contributed by atoms with Gasteiger partial charge in [0.25, 0.3) is 0 Å². The number of nitrogens with one attached hydrogen (secondary N) is 1. The quantitative estimate of drug-likeness (QED) is 0.593. The smallest absolute Gasteiger partial charge is 0.243 e. The van der Waals surface area contributed by atoms with Crippen LogP contribution >= 0.6 is 0 Å². The van der Waals surface area contributed by atoms with E-state index in [-0.39, 0.29) is 11.8 Å². The molecule has 0 radical (unpaired) electrons. The van der Waals surface area contributed by atoms with Crippen LogP contribution in [0.2, 0.25) is 0 Å². The van der Waals surface area contributed by atoms with E-state index >= 15 is 0 Å². The molecule has 168 valence electrons. The van der Waals surface area contributed by atoms with Gasteiger partial charge in [0.05, 0.1) is 11.5 Å². The number of ether oxygens (including phenoxy) is 1. The minimum Gasteiger partial charge on any atom is -0.380 e. The lowest BCUT2D eigenvalue weighted by Gasteiger charge is -2.30. The lowest BCUT2D eigenvalue weighted by atomic mass is 9.97. The molecule has 0 unspecified atom stereocenters. The predicted octanol–water partition coefficient (Wildman–Crippen LogP) is 3.70. The standard InChI is InChI=1S/C25H28N2O4S/c1-31-18-20-6-4-5-19(15-20)17-26-25(28)22-11-13-27(14-12-22)32(29,30)24-10-9-21-7-2-3-8-23(21)16-24/h2-10,15-16,22H,11-14,17-18H2,1H3,(H,26,28). The van der Waals surface area contributed by atoms with Crippen LogP contribution in [-0.2, 0) is 32.7 Å². The van der Waals surface area contributed by atoms with Crippen LogP contribution in [0.15, 0.2) is 71.6 Å². The largest absolute Gasteiger partial charge is 0.380 e. The first-order valence-corrected chi connectivity index (χ1v) is 12.2. The monoisotopic (exact) mass is 452 g/mol. The van der Waals surface area contributed by atoms with E-state index in [1.807, 2.05) is 54.6 Å². The van der Waals surface area contributed by atoms with Crippen molar-refractivity contribution in [2.45, 2.75) is 30.9 Å². The zero-order chi connectivity index (χ0) is 22.6.